The normalized spacial score (nSPS) is 10.4. The third kappa shape index (κ3) is 2.70. The van der Waals surface area contributed by atoms with Crippen molar-refractivity contribution >= 4 is 18.3 Å². The molecule has 0 unspecified atom stereocenters. The van der Waals surface area contributed by atoms with Crippen molar-refractivity contribution in [1.82, 2.24) is 0 Å². The molecule has 0 aliphatic rings. The minimum atomic E-state index is -1.03. The average molecular weight is 220 g/mol. The van der Waals surface area contributed by atoms with Crippen LogP contribution in [0.4, 0.5) is 0 Å². The van der Waals surface area contributed by atoms with Gasteiger partial charge in [-0.05, 0) is 36.3 Å². The number of hydrogen-bond donors (Lipinski definition) is 1. The fraction of sp³-hybridized carbons (Fsp3) is 0.167. The van der Waals surface area contributed by atoms with Crippen LogP contribution in [0, 0.1) is 6.92 Å². The van der Waals surface area contributed by atoms with E-state index in [0.717, 1.165) is 11.6 Å². The topological polar surface area (TPSA) is 63.6 Å². The van der Waals surface area contributed by atoms with Crippen LogP contribution in [0.25, 0.3) is 6.08 Å². The third-order valence-electron chi connectivity index (χ3n) is 2.15. The average Bonchev–Trinajstić information content (AvgIpc) is 2.26. The van der Waals surface area contributed by atoms with Crippen molar-refractivity contribution in [2.75, 3.05) is 7.11 Å². The van der Waals surface area contributed by atoms with E-state index < -0.39 is 5.97 Å². The van der Waals surface area contributed by atoms with Crippen LogP contribution >= 0.6 is 0 Å². The number of carbonyl (C=O) groups is 2. The molecule has 16 heavy (non-hydrogen) atoms. The number of rotatable bonds is 4. The van der Waals surface area contributed by atoms with Crippen molar-refractivity contribution in [3.8, 4) is 5.75 Å². The molecule has 1 aromatic carbocycles. The Hall–Kier alpha value is -2.10. The van der Waals surface area contributed by atoms with Gasteiger partial charge in [0.2, 0.25) is 0 Å². The summed E-state index contributed by atoms with van der Waals surface area (Å²) in [6, 6.07) is 3.30. The van der Waals surface area contributed by atoms with Crippen molar-refractivity contribution in [2.45, 2.75) is 6.92 Å². The lowest BCUT2D eigenvalue weighted by molar-refractivity contribution is -0.131. The number of hydrogen-bond acceptors (Lipinski definition) is 3. The lowest BCUT2D eigenvalue weighted by Crippen LogP contribution is -1.94. The molecule has 0 saturated carbocycles. The highest BCUT2D eigenvalue weighted by molar-refractivity contribution is 5.87. The van der Waals surface area contributed by atoms with Gasteiger partial charge < -0.3 is 9.84 Å². The van der Waals surface area contributed by atoms with Crippen molar-refractivity contribution in [1.29, 1.82) is 0 Å². The van der Waals surface area contributed by atoms with Gasteiger partial charge in [-0.1, -0.05) is 0 Å². The monoisotopic (exact) mass is 220 g/mol. The summed E-state index contributed by atoms with van der Waals surface area (Å²) in [5.41, 5.74) is 1.93. The molecule has 0 aliphatic heterocycles. The van der Waals surface area contributed by atoms with E-state index in [1.165, 1.54) is 13.2 Å². The number of ether oxygens (including phenoxy) is 1. The number of carbonyl (C=O) groups excluding carboxylic acids is 1. The second-order valence-corrected chi connectivity index (χ2v) is 3.24. The quantitative estimate of drug-likeness (QED) is 0.622. The Morgan fingerprint density at radius 1 is 1.38 bits per heavy atom. The molecule has 0 radical (unpaired) electrons. The van der Waals surface area contributed by atoms with Crippen molar-refractivity contribution < 1.29 is 19.4 Å². The Morgan fingerprint density at radius 2 is 2.06 bits per heavy atom. The number of methoxy groups -OCH3 is 1. The Balaban J connectivity index is 3.21. The summed E-state index contributed by atoms with van der Waals surface area (Å²) >= 11 is 0. The van der Waals surface area contributed by atoms with Crippen LogP contribution in [0.3, 0.4) is 0 Å². The fourth-order valence-corrected chi connectivity index (χ4v) is 1.33. The molecule has 0 heterocycles. The van der Waals surface area contributed by atoms with E-state index in [9.17, 15) is 9.59 Å². The maximum absolute atomic E-state index is 10.8. The minimum absolute atomic E-state index is 0.401. The molecule has 0 amide bonds. The number of benzene rings is 1. The van der Waals surface area contributed by atoms with Crippen LogP contribution in [-0.2, 0) is 4.79 Å². The molecule has 0 aliphatic carbocycles. The van der Waals surface area contributed by atoms with Gasteiger partial charge in [0, 0.05) is 6.08 Å². The highest BCUT2D eigenvalue weighted by atomic mass is 16.5. The van der Waals surface area contributed by atoms with Gasteiger partial charge in [0.15, 0.2) is 6.29 Å². The molecule has 0 atom stereocenters. The first-order chi connectivity index (χ1) is 7.58. The summed E-state index contributed by atoms with van der Waals surface area (Å²) in [6.45, 7) is 1.82. The molecule has 1 rings (SSSR count). The molecule has 84 valence electrons. The second kappa shape index (κ2) is 5.11. The first-order valence-corrected chi connectivity index (χ1v) is 4.63. The maximum Gasteiger partial charge on any atom is 0.328 e. The molecule has 4 heteroatoms. The molecular formula is C12H12O4. The number of aliphatic carboxylic acids is 1. The first kappa shape index (κ1) is 12.0. The summed E-state index contributed by atoms with van der Waals surface area (Å²) in [7, 11) is 1.48. The summed E-state index contributed by atoms with van der Waals surface area (Å²) in [4.78, 5) is 21.1. The highest BCUT2D eigenvalue weighted by Gasteiger charge is 2.05. The van der Waals surface area contributed by atoms with Crippen molar-refractivity contribution in [2.24, 2.45) is 0 Å². The Bertz CT molecular complexity index is 447. The standard InChI is InChI=1S/C12H12O4/c1-8-5-11(16-2)10(7-13)6-9(8)3-4-12(14)15/h3-7H,1-2H3,(H,14,15)/b4-3+. The van der Waals surface area contributed by atoms with E-state index in [1.807, 2.05) is 6.92 Å². The highest BCUT2D eigenvalue weighted by Crippen LogP contribution is 2.22. The van der Waals surface area contributed by atoms with Crippen molar-refractivity contribution in [3.05, 3.63) is 34.9 Å². The molecule has 0 aromatic heterocycles. The van der Waals surface area contributed by atoms with Crippen LogP contribution in [0.5, 0.6) is 5.75 Å². The zero-order valence-corrected chi connectivity index (χ0v) is 9.06. The minimum Gasteiger partial charge on any atom is -0.496 e. The molecule has 0 fully saturated rings. The van der Waals surface area contributed by atoms with Crippen molar-refractivity contribution in [3.63, 3.8) is 0 Å². The van der Waals surface area contributed by atoms with Gasteiger partial charge in [0.1, 0.15) is 5.75 Å². The zero-order valence-electron chi connectivity index (χ0n) is 9.06. The SMILES string of the molecule is COc1cc(C)c(/C=C/C(=O)O)cc1C=O. The van der Waals surface area contributed by atoms with Gasteiger partial charge >= 0.3 is 5.97 Å². The van der Waals surface area contributed by atoms with Gasteiger partial charge in [-0.2, -0.15) is 0 Å². The molecule has 4 nitrogen and oxygen atoms in total. The van der Waals surface area contributed by atoms with E-state index in [4.69, 9.17) is 9.84 Å². The summed E-state index contributed by atoms with van der Waals surface area (Å²) in [5.74, 6) is -0.539. The van der Waals surface area contributed by atoms with Gasteiger partial charge in [-0.3, -0.25) is 4.79 Å². The number of aldehydes is 1. The largest absolute Gasteiger partial charge is 0.496 e. The molecule has 0 spiro atoms. The summed E-state index contributed by atoms with van der Waals surface area (Å²) < 4.78 is 5.03. The fourth-order valence-electron chi connectivity index (χ4n) is 1.33. The van der Waals surface area contributed by atoms with E-state index in [1.54, 1.807) is 12.1 Å². The van der Waals surface area contributed by atoms with Gasteiger partial charge in [0.05, 0.1) is 12.7 Å². The van der Waals surface area contributed by atoms with E-state index in [-0.39, 0.29) is 0 Å². The summed E-state index contributed by atoms with van der Waals surface area (Å²) in [5, 5.41) is 8.51. The molecule has 0 bridgehead atoms. The van der Waals surface area contributed by atoms with E-state index in [0.29, 0.717) is 23.2 Å². The zero-order chi connectivity index (χ0) is 12.1. The molecule has 1 aromatic rings. The smallest absolute Gasteiger partial charge is 0.328 e. The van der Waals surface area contributed by atoms with E-state index >= 15 is 0 Å². The molecular weight excluding hydrogens is 208 g/mol. The third-order valence-corrected chi connectivity index (χ3v) is 2.15. The number of carboxylic acids is 1. The molecule has 0 saturated heterocycles. The van der Waals surface area contributed by atoms with Gasteiger partial charge in [-0.15, -0.1) is 0 Å². The Morgan fingerprint density at radius 3 is 2.56 bits per heavy atom. The van der Waals surface area contributed by atoms with Crippen LogP contribution in [0.2, 0.25) is 0 Å². The second-order valence-electron chi connectivity index (χ2n) is 3.24. The van der Waals surface area contributed by atoms with Crippen LogP contribution < -0.4 is 4.74 Å². The summed E-state index contributed by atoms with van der Waals surface area (Å²) in [6.07, 6.45) is 3.16. The lowest BCUT2D eigenvalue weighted by Gasteiger charge is -2.07. The molecule has 1 N–H and O–H groups in total. The lowest BCUT2D eigenvalue weighted by atomic mass is 10.0. The van der Waals surface area contributed by atoms with Crippen LogP contribution in [0.15, 0.2) is 18.2 Å². The van der Waals surface area contributed by atoms with Gasteiger partial charge in [0.25, 0.3) is 0 Å². The number of aryl methyl sites for hydroxylation is 1. The van der Waals surface area contributed by atoms with E-state index in [2.05, 4.69) is 0 Å². The Labute approximate surface area is 93.2 Å². The Kier molecular flexibility index (Phi) is 3.83. The van der Waals surface area contributed by atoms with Crippen LogP contribution in [-0.4, -0.2) is 24.5 Å². The maximum atomic E-state index is 10.8. The van der Waals surface area contributed by atoms with Crippen LogP contribution in [0.1, 0.15) is 21.5 Å². The van der Waals surface area contributed by atoms with Gasteiger partial charge in [-0.25, -0.2) is 4.79 Å². The predicted octanol–water partition coefficient (Wildman–Crippen LogP) is 1.91. The predicted molar refractivity (Wildman–Crippen MR) is 59.8 cm³/mol. The number of carboxylic acid groups (broad SMARTS) is 1. The first-order valence-electron chi connectivity index (χ1n) is 4.63.